The van der Waals surface area contributed by atoms with E-state index in [2.05, 4.69) is 5.32 Å². The van der Waals surface area contributed by atoms with Crippen LogP contribution >= 0.6 is 0 Å². The van der Waals surface area contributed by atoms with Crippen LogP contribution < -0.4 is 5.32 Å². The Morgan fingerprint density at radius 2 is 1.89 bits per heavy atom. The number of nitro benzene ring substituents is 1. The van der Waals surface area contributed by atoms with Gasteiger partial charge in [0.25, 0.3) is 0 Å². The molecular weight excluding hydrogens is 262 g/mol. The van der Waals surface area contributed by atoms with Gasteiger partial charge in [-0.15, -0.1) is 0 Å². The SMILES string of the molecule is CC(CO)(CO)NCc1cc([N+](=O)[O-])c(F)cc1F. The molecule has 0 radical (unpaired) electrons. The molecule has 106 valence electrons. The minimum atomic E-state index is -1.25. The minimum Gasteiger partial charge on any atom is -0.394 e. The highest BCUT2D eigenvalue weighted by molar-refractivity contribution is 5.37. The van der Waals surface area contributed by atoms with E-state index >= 15 is 0 Å². The maximum Gasteiger partial charge on any atom is 0.305 e. The van der Waals surface area contributed by atoms with Crippen molar-refractivity contribution in [2.45, 2.75) is 19.0 Å². The highest BCUT2D eigenvalue weighted by Crippen LogP contribution is 2.21. The van der Waals surface area contributed by atoms with Gasteiger partial charge in [-0.1, -0.05) is 0 Å². The van der Waals surface area contributed by atoms with Gasteiger partial charge >= 0.3 is 5.69 Å². The summed E-state index contributed by atoms with van der Waals surface area (Å²) >= 11 is 0. The highest BCUT2D eigenvalue weighted by Gasteiger charge is 2.23. The van der Waals surface area contributed by atoms with Crippen LogP contribution in [0.4, 0.5) is 14.5 Å². The normalized spacial score (nSPS) is 11.6. The zero-order chi connectivity index (χ0) is 14.6. The molecule has 0 amide bonds. The molecule has 0 aliphatic rings. The molecule has 6 nitrogen and oxygen atoms in total. The first-order valence-corrected chi connectivity index (χ1v) is 5.42. The maximum absolute atomic E-state index is 13.4. The van der Waals surface area contributed by atoms with Gasteiger partial charge in [0, 0.05) is 24.2 Å². The first kappa shape index (κ1) is 15.4. The van der Waals surface area contributed by atoms with Gasteiger partial charge in [0.1, 0.15) is 5.82 Å². The summed E-state index contributed by atoms with van der Waals surface area (Å²) in [7, 11) is 0. The van der Waals surface area contributed by atoms with E-state index in [1.807, 2.05) is 0 Å². The number of rotatable bonds is 6. The van der Waals surface area contributed by atoms with E-state index < -0.39 is 41.0 Å². The second kappa shape index (κ2) is 6.00. The Bertz CT molecular complexity index is 478. The van der Waals surface area contributed by atoms with Crippen LogP contribution in [-0.2, 0) is 6.54 Å². The molecule has 0 spiro atoms. The van der Waals surface area contributed by atoms with Crippen molar-refractivity contribution in [3.8, 4) is 0 Å². The van der Waals surface area contributed by atoms with Gasteiger partial charge in [-0.3, -0.25) is 10.1 Å². The molecule has 1 aromatic rings. The van der Waals surface area contributed by atoms with Crippen molar-refractivity contribution in [2.24, 2.45) is 0 Å². The van der Waals surface area contributed by atoms with Crippen molar-refractivity contribution in [3.05, 3.63) is 39.4 Å². The zero-order valence-corrected chi connectivity index (χ0v) is 10.2. The second-order valence-electron chi connectivity index (χ2n) is 4.38. The van der Waals surface area contributed by atoms with Crippen molar-refractivity contribution in [1.29, 1.82) is 0 Å². The van der Waals surface area contributed by atoms with E-state index in [-0.39, 0.29) is 12.1 Å². The molecule has 0 heterocycles. The van der Waals surface area contributed by atoms with E-state index in [1.54, 1.807) is 0 Å². The second-order valence-corrected chi connectivity index (χ2v) is 4.38. The summed E-state index contributed by atoms with van der Waals surface area (Å²) in [5, 5.41) is 31.3. The van der Waals surface area contributed by atoms with Crippen LogP contribution in [0.2, 0.25) is 0 Å². The largest absolute Gasteiger partial charge is 0.394 e. The molecule has 0 bridgehead atoms. The predicted octanol–water partition coefficient (Wildman–Crippen LogP) is 0.706. The average molecular weight is 276 g/mol. The number of hydrogen-bond donors (Lipinski definition) is 3. The number of aliphatic hydroxyl groups is 2. The minimum absolute atomic E-state index is 0.124. The standard InChI is InChI=1S/C11H14F2N2O4/c1-11(5-16,6-17)14-4-7-2-10(15(18)19)9(13)3-8(7)12/h2-3,14,16-17H,4-6H2,1H3. The fraction of sp³-hybridized carbons (Fsp3) is 0.455. The van der Waals surface area contributed by atoms with Crippen molar-refractivity contribution in [3.63, 3.8) is 0 Å². The molecule has 0 fully saturated rings. The van der Waals surface area contributed by atoms with Crippen LogP contribution in [0.1, 0.15) is 12.5 Å². The van der Waals surface area contributed by atoms with E-state index in [0.29, 0.717) is 6.07 Å². The number of aliphatic hydroxyl groups excluding tert-OH is 2. The molecule has 0 unspecified atom stereocenters. The third-order valence-electron chi connectivity index (χ3n) is 2.72. The summed E-state index contributed by atoms with van der Waals surface area (Å²) in [6, 6.07) is 1.22. The number of nitro groups is 1. The number of halogens is 2. The third kappa shape index (κ3) is 3.66. The third-order valence-corrected chi connectivity index (χ3v) is 2.72. The maximum atomic E-state index is 13.4. The fourth-order valence-corrected chi connectivity index (χ4v) is 1.33. The van der Waals surface area contributed by atoms with Crippen molar-refractivity contribution >= 4 is 5.69 Å². The van der Waals surface area contributed by atoms with Gasteiger partial charge in [0.05, 0.1) is 23.7 Å². The molecule has 0 aromatic heterocycles. The van der Waals surface area contributed by atoms with Gasteiger partial charge in [-0.05, 0) is 6.92 Å². The average Bonchev–Trinajstić information content (AvgIpc) is 2.37. The van der Waals surface area contributed by atoms with Gasteiger partial charge in [0.2, 0.25) is 5.82 Å². The highest BCUT2D eigenvalue weighted by atomic mass is 19.1. The van der Waals surface area contributed by atoms with Crippen LogP contribution in [0, 0.1) is 21.7 Å². The quantitative estimate of drug-likeness (QED) is 0.525. The van der Waals surface area contributed by atoms with E-state index in [4.69, 9.17) is 10.2 Å². The summed E-state index contributed by atoms with van der Waals surface area (Å²) < 4.78 is 26.6. The molecule has 19 heavy (non-hydrogen) atoms. The van der Waals surface area contributed by atoms with Crippen molar-refractivity contribution in [2.75, 3.05) is 13.2 Å². The molecule has 0 atom stereocenters. The summed E-state index contributed by atoms with van der Waals surface area (Å²) in [6.07, 6.45) is 0. The van der Waals surface area contributed by atoms with Gasteiger partial charge in [-0.2, -0.15) is 4.39 Å². The van der Waals surface area contributed by atoms with Gasteiger partial charge in [0.15, 0.2) is 0 Å². The van der Waals surface area contributed by atoms with Crippen molar-refractivity contribution in [1.82, 2.24) is 5.32 Å². The molecule has 0 saturated heterocycles. The number of nitrogens with one attached hydrogen (secondary N) is 1. The van der Waals surface area contributed by atoms with Crippen LogP contribution in [0.25, 0.3) is 0 Å². The Hall–Kier alpha value is -1.64. The fourth-order valence-electron chi connectivity index (χ4n) is 1.33. The van der Waals surface area contributed by atoms with Crippen molar-refractivity contribution < 1.29 is 23.9 Å². The lowest BCUT2D eigenvalue weighted by Crippen LogP contribution is -2.48. The molecule has 3 N–H and O–H groups in total. The molecule has 8 heteroatoms. The molecular formula is C11H14F2N2O4. The molecule has 1 aromatic carbocycles. The van der Waals surface area contributed by atoms with Crippen LogP contribution in [-0.4, -0.2) is 33.9 Å². The first-order valence-electron chi connectivity index (χ1n) is 5.42. The summed E-state index contributed by atoms with van der Waals surface area (Å²) in [6.45, 7) is 0.482. The monoisotopic (exact) mass is 276 g/mol. The Balaban J connectivity index is 2.96. The number of hydrogen-bond acceptors (Lipinski definition) is 5. The first-order chi connectivity index (χ1) is 8.83. The van der Waals surface area contributed by atoms with E-state index in [0.717, 1.165) is 6.07 Å². The van der Waals surface area contributed by atoms with E-state index in [9.17, 15) is 18.9 Å². The lowest BCUT2D eigenvalue weighted by molar-refractivity contribution is -0.387. The molecule has 0 aliphatic carbocycles. The molecule has 0 aliphatic heterocycles. The van der Waals surface area contributed by atoms with E-state index in [1.165, 1.54) is 6.92 Å². The van der Waals surface area contributed by atoms with Crippen LogP contribution in [0.3, 0.4) is 0 Å². The van der Waals surface area contributed by atoms with Gasteiger partial charge in [-0.25, -0.2) is 4.39 Å². The zero-order valence-electron chi connectivity index (χ0n) is 10.2. The summed E-state index contributed by atoms with van der Waals surface area (Å²) in [5.41, 5.74) is -2.01. The smallest absolute Gasteiger partial charge is 0.305 e. The van der Waals surface area contributed by atoms with Crippen LogP contribution in [0.5, 0.6) is 0 Å². The molecule has 0 saturated carbocycles. The summed E-state index contributed by atoms with van der Waals surface area (Å²) in [5.74, 6) is -2.19. The topological polar surface area (TPSA) is 95.6 Å². The number of nitrogens with zero attached hydrogens (tertiary/aromatic N) is 1. The summed E-state index contributed by atoms with van der Waals surface area (Å²) in [4.78, 5) is 9.59. The Morgan fingerprint density at radius 3 is 2.37 bits per heavy atom. The van der Waals surface area contributed by atoms with Crippen LogP contribution in [0.15, 0.2) is 12.1 Å². The Labute approximate surface area is 107 Å². The predicted molar refractivity (Wildman–Crippen MR) is 62.4 cm³/mol. The lowest BCUT2D eigenvalue weighted by Gasteiger charge is -2.26. The lowest BCUT2D eigenvalue weighted by atomic mass is 10.0. The Morgan fingerprint density at radius 1 is 1.32 bits per heavy atom. The molecule has 1 rings (SSSR count). The van der Waals surface area contributed by atoms with Gasteiger partial charge < -0.3 is 15.5 Å². The number of benzene rings is 1. The Kier molecular flexibility index (Phi) is 4.87.